The molecule has 6 nitrogen and oxygen atoms in total. The number of non-ortho nitro benzene ring substituents is 1. The number of hydrogen-bond donors (Lipinski definition) is 0. The van der Waals surface area contributed by atoms with Crippen molar-refractivity contribution in [3.8, 4) is 5.75 Å². The van der Waals surface area contributed by atoms with Crippen LogP contribution < -0.4 is 9.64 Å². The van der Waals surface area contributed by atoms with Gasteiger partial charge in [0.05, 0.1) is 15.5 Å². The highest BCUT2D eigenvalue weighted by Crippen LogP contribution is 2.36. The maximum Gasteiger partial charge on any atom is 0.270 e. The molecule has 172 valence electrons. The molecule has 4 aromatic carbocycles. The minimum absolute atomic E-state index is 0.0440. The Hall–Kier alpha value is -4.01. The predicted octanol–water partition coefficient (Wildman–Crippen LogP) is 6.73. The number of carbonyl (C=O) groups is 1. The summed E-state index contributed by atoms with van der Waals surface area (Å²) < 4.78 is 6.37. The van der Waals surface area contributed by atoms with Crippen molar-refractivity contribution in [3.63, 3.8) is 0 Å². The number of anilines is 1. The van der Waals surface area contributed by atoms with Gasteiger partial charge in [-0.15, -0.1) is 0 Å². The zero-order valence-electron chi connectivity index (χ0n) is 18.3. The van der Waals surface area contributed by atoms with Gasteiger partial charge in [0.2, 0.25) is 0 Å². The molecule has 0 atom stereocenters. The van der Waals surface area contributed by atoms with Crippen molar-refractivity contribution < 1.29 is 14.5 Å². The molecular formula is C27H18N2O4S2. The molecule has 35 heavy (non-hydrogen) atoms. The topological polar surface area (TPSA) is 72.7 Å². The van der Waals surface area contributed by atoms with Gasteiger partial charge in [0, 0.05) is 12.1 Å². The largest absolute Gasteiger partial charge is 0.489 e. The van der Waals surface area contributed by atoms with Crippen LogP contribution in [0, 0.1) is 10.1 Å². The van der Waals surface area contributed by atoms with Crippen LogP contribution in [0.2, 0.25) is 0 Å². The lowest BCUT2D eigenvalue weighted by Gasteiger charge is -2.13. The number of benzene rings is 4. The highest BCUT2D eigenvalue weighted by atomic mass is 32.2. The Morgan fingerprint density at radius 2 is 1.66 bits per heavy atom. The summed E-state index contributed by atoms with van der Waals surface area (Å²) in [5, 5.41) is 13.2. The third-order valence-electron chi connectivity index (χ3n) is 5.56. The number of thiocarbonyl (C=S) groups is 1. The van der Waals surface area contributed by atoms with Crippen LogP contribution in [0.5, 0.6) is 5.75 Å². The summed E-state index contributed by atoms with van der Waals surface area (Å²) in [7, 11) is 0. The van der Waals surface area contributed by atoms with Gasteiger partial charge in [0.25, 0.3) is 11.6 Å². The van der Waals surface area contributed by atoms with E-state index in [4.69, 9.17) is 17.0 Å². The molecule has 1 fully saturated rings. The molecule has 1 saturated heterocycles. The van der Waals surface area contributed by atoms with Crippen molar-refractivity contribution >= 4 is 62.4 Å². The Morgan fingerprint density at radius 1 is 0.943 bits per heavy atom. The number of carbonyl (C=O) groups excluding carboxylic acids is 1. The van der Waals surface area contributed by atoms with Crippen LogP contribution in [-0.4, -0.2) is 15.2 Å². The first-order chi connectivity index (χ1) is 17.0. The van der Waals surface area contributed by atoms with Gasteiger partial charge in [0.1, 0.15) is 12.4 Å². The highest BCUT2D eigenvalue weighted by Gasteiger charge is 2.33. The second-order valence-corrected chi connectivity index (χ2v) is 9.46. The molecule has 4 aromatic rings. The van der Waals surface area contributed by atoms with E-state index in [1.165, 1.54) is 51.7 Å². The van der Waals surface area contributed by atoms with Crippen molar-refractivity contribution in [2.45, 2.75) is 6.61 Å². The van der Waals surface area contributed by atoms with Crippen LogP contribution in [0.3, 0.4) is 0 Å². The van der Waals surface area contributed by atoms with Crippen molar-refractivity contribution in [1.82, 2.24) is 0 Å². The van der Waals surface area contributed by atoms with Gasteiger partial charge in [0.15, 0.2) is 4.32 Å². The molecule has 1 aliphatic heterocycles. The standard InChI is InChI=1S/C27H18N2O4S2/c30-26-25(35-27(34)28(26)21-10-12-22(13-11-21)29(31)32)16-18-8-14-23(15-9-18)33-17-20-6-3-5-19-4-1-2-7-24(19)20/h1-16H,17H2/b25-16+. The summed E-state index contributed by atoms with van der Waals surface area (Å²) in [6.45, 7) is 0.453. The molecule has 1 heterocycles. The van der Waals surface area contributed by atoms with Gasteiger partial charge in [-0.2, -0.15) is 0 Å². The third kappa shape index (κ3) is 4.80. The Kier molecular flexibility index (Phi) is 6.31. The number of amides is 1. The number of ether oxygens (including phenoxy) is 1. The summed E-state index contributed by atoms with van der Waals surface area (Å²) in [6.07, 6.45) is 1.78. The molecule has 0 spiro atoms. The lowest BCUT2D eigenvalue weighted by molar-refractivity contribution is -0.384. The quantitative estimate of drug-likeness (QED) is 0.127. The van der Waals surface area contributed by atoms with E-state index in [0.717, 1.165) is 16.9 Å². The first kappa shape index (κ1) is 22.8. The summed E-state index contributed by atoms with van der Waals surface area (Å²) >= 11 is 6.58. The number of fused-ring (bicyclic) bond motifs is 1. The van der Waals surface area contributed by atoms with E-state index in [1.807, 2.05) is 42.5 Å². The first-order valence-electron chi connectivity index (χ1n) is 10.7. The first-order valence-corrected chi connectivity index (χ1v) is 11.9. The third-order valence-corrected chi connectivity index (χ3v) is 6.87. The van der Waals surface area contributed by atoms with Crippen LogP contribution in [0.25, 0.3) is 16.8 Å². The monoisotopic (exact) mass is 498 g/mol. The lowest BCUT2D eigenvalue weighted by Crippen LogP contribution is -2.27. The predicted molar refractivity (Wildman–Crippen MR) is 143 cm³/mol. The normalized spacial score (nSPS) is 14.6. The Balaban J connectivity index is 1.28. The number of nitro benzene ring substituents is 1. The SMILES string of the molecule is O=C1/C(=C\c2ccc(OCc3cccc4ccccc34)cc2)SC(=S)N1c1ccc([N+](=O)[O-])cc1. The molecule has 0 aliphatic carbocycles. The molecule has 0 bridgehead atoms. The molecular weight excluding hydrogens is 480 g/mol. The zero-order chi connectivity index (χ0) is 24.4. The molecule has 5 rings (SSSR count). The molecule has 0 N–H and O–H groups in total. The number of hydrogen-bond acceptors (Lipinski definition) is 6. The second-order valence-electron chi connectivity index (χ2n) is 7.79. The second kappa shape index (κ2) is 9.69. The van der Waals surface area contributed by atoms with Gasteiger partial charge < -0.3 is 4.74 Å². The average Bonchev–Trinajstić information content (AvgIpc) is 3.16. The molecule has 1 aliphatic rings. The van der Waals surface area contributed by atoms with Crippen LogP contribution in [-0.2, 0) is 11.4 Å². The van der Waals surface area contributed by atoms with E-state index in [9.17, 15) is 14.9 Å². The minimum atomic E-state index is -0.483. The van der Waals surface area contributed by atoms with Gasteiger partial charge >= 0.3 is 0 Å². The maximum atomic E-state index is 13.0. The van der Waals surface area contributed by atoms with Crippen molar-refractivity contribution in [2.24, 2.45) is 0 Å². The fraction of sp³-hybridized carbons (Fsp3) is 0.0370. The molecule has 0 aromatic heterocycles. The Morgan fingerprint density at radius 3 is 2.40 bits per heavy atom. The van der Waals surface area contributed by atoms with Crippen LogP contribution in [0.1, 0.15) is 11.1 Å². The highest BCUT2D eigenvalue weighted by molar-refractivity contribution is 8.27. The molecule has 0 saturated carbocycles. The van der Waals surface area contributed by atoms with E-state index in [2.05, 4.69) is 24.3 Å². The molecule has 1 amide bonds. The van der Waals surface area contributed by atoms with E-state index < -0.39 is 4.92 Å². The fourth-order valence-corrected chi connectivity index (χ4v) is 5.10. The molecule has 8 heteroatoms. The van der Waals surface area contributed by atoms with Crippen LogP contribution in [0.4, 0.5) is 11.4 Å². The number of nitrogens with zero attached hydrogens (tertiary/aromatic N) is 2. The number of nitro groups is 1. The van der Waals surface area contributed by atoms with E-state index in [1.54, 1.807) is 6.08 Å². The summed E-state index contributed by atoms with van der Waals surface area (Å²) in [5.74, 6) is 0.471. The summed E-state index contributed by atoms with van der Waals surface area (Å²) in [5.41, 5.74) is 2.41. The van der Waals surface area contributed by atoms with Crippen molar-refractivity contribution in [3.05, 3.63) is 117 Å². The zero-order valence-corrected chi connectivity index (χ0v) is 19.9. The molecule has 0 radical (unpaired) electrons. The van der Waals surface area contributed by atoms with Crippen LogP contribution >= 0.6 is 24.0 Å². The van der Waals surface area contributed by atoms with Gasteiger partial charge in [-0.3, -0.25) is 19.8 Å². The Bertz CT molecular complexity index is 1480. The lowest BCUT2D eigenvalue weighted by atomic mass is 10.1. The van der Waals surface area contributed by atoms with Gasteiger partial charge in [-0.25, -0.2) is 0 Å². The summed E-state index contributed by atoms with van der Waals surface area (Å²) in [4.78, 5) is 25.2. The van der Waals surface area contributed by atoms with Crippen LogP contribution in [0.15, 0.2) is 95.9 Å². The van der Waals surface area contributed by atoms with E-state index >= 15 is 0 Å². The molecule has 0 unspecified atom stereocenters. The number of thioether (sulfide) groups is 1. The average molecular weight is 499 g/mol. The fourth-order valence-electron chi connectivity index (χ4n) is 3.80. The Labute approximate surface area is 211 Å². The van der Waals surface area contributed by atoms with Gasteiger partial charge in [-0.05, 0) is 52.2 Å². The van der Waals surface area contributed by atoms with E-state index in [-0.39, 0.29) is 11.6 Å². The van der Waals surface area contributed by atoms with Gasteiger partial charge in [-0.1, -0.05) is 78.6 Å². The minimum Gasteiger partial charge on any atom is -0.489 e. The number of rotatable bonds is 6. The maximum absolute atomic E-state index is 13.0. The van der Waals surface area contributed by atoms with E-state index in [0.29, 0.717) is 21.5 Å². The van der Waals surface area contributed by atoms with Crippen molar-refractivity contribution in [2.75, 3.05) is 4.90 Å². The van der Waals surface area contributed by atoms with Crippen molar-refractivity contribution in [1.29, 1.82) is 0 Å². The summed E-state index contributed by atoms with van der Waals surface area (Å²) in [6, 6.07) is 27.6. The smallest absolute Gasteiger partial charge is 0.270 e.